The molecular formula is C24H25ClN2OS. The molecule has 29 heavy (non-hydrogen) atoms. The lowest BCUT2D eigenvalue weighted by Crippen LogP contribution is -2.19. The molecule has 0 fully saturated rings. The second-order valence-electron chi connectivity index (χ2n) is 7.42. The monoisotopic (exact) mass is 424 g/mol. The summed E-state index contributed by atoms with van der Waals surface area (Å²) >= 11 is 8.23. The Morgan fingerprint density at radius 1 is 1.03 bits per heavy atom. The van der Waals surface area contributed by atoms with Gasteiger partial charge in [-0.3, -0.25) is 0 Å². The van der Waals surface area contributed by atoms with Crippen LogP contribution in [0.15, 0.2) is 71.6 Å². The minimum absolute atomic E-state index is 0.0513. The number of ether oxygens (including phenoxy) is 1. The molecule has 1 aliphatic heterocycles. The summed E-state index contributed by atoms with van der Waals surface area (Å²) in [6.45, 7) is 1.58. The van der Waals surface area contributed by atoms with E-state index in [1.165, 1.54) is 21.6 Å². The molecule has 0 aromatic heterocycles. The number of fused-ring (bicyclic) bond motifs is 2. The van der Waals surface area contributed by atoms with Gasteiger partial charge in [-0.15, -0.1) is 11.8 Å². The summed E-state index contributed by atoms with van der Waals surface area (Å²) in [6.07, 6.45) is 0. The van der Waals surface area contributed by atoms with E-state index in [1.807, 2.05) is 44.1 Å². The topological polar surface area (TPSA) is 24.5 Å². The van der Waals surface area contributed by atoms with Gasteiger partial charge in [-0.25, -0.2) is 0 Å². The number of nitrogens with zero attached hydrogens (tertiary/aromatic N) is 1. The highest BCUT2D eigenvalue weighted by Gasteiger charge is 2.24. The molecule has 1 heterocycles. The summed E-state index contributed by atoms with van der Waals surface area (Å²) in [5, 5.41) is 4.49. The van der Waals surface area contributed by atoms with E-state index in [2.05, 4.69) is 58.7 Å². The summed E-state index contributed by atoms with van der Waals surface area (Å²) < 4.78 is 5.82. The van der Waals surface area contributed by atoms with Gasteiger partial charge in [0.25, 0.3) is 0 Å². The largest absolute Gasteiger partial charge is 0.492 e. The quantitative estimate of drug-likeness (QED) is 0.517. The van der Waals surface area contributed by atoms with Crippen molar-refractivity contribution in [1.29, 1.82) is 0 Å². The van der Waals surface area contributed by atoms with E-state index in [9.17, 15) is 0 Å². The normalized spacial score (nSPS) is 15.4. The number of anilines is 1. The molecule has 4 rings (SSSR count). The van der Waals surface area contributed by atoms with Crippen LogP contribution in [0, 0.1) is 0 Å². The zero-order chi connectivity index (χ0) is 20.2. The lowest BCUT2D eigenvalue weighted by Gasteiger charge is -2.23. The molecule has 3 aromatic carbocycles. The smallest absolute Gasteiger partial charge is 0.119 e. The van der Waals surface area contributed by atoms with Gasteiger partial charge in [-0.1, -0.05) is 35.9 Å². The number of benzene rings is 3. The second kappa shape index (κ2) is 9.12. The molecule has 0 amide bonds. The van der Waals surface area contributed by atoms with Crippen LogP contribution in [-0.4, -0.2) is 32.1 Å². The molecular weight excluding hydrogens is 400 g/mol. The van der Waals surface area contributed by atoms with Crippen LogP contribution >= 0.6 is 23.4 Å². The Morgan fingerprint density at radius 3 is 2.62 bits per heavy atom. The van der Waals surface area contributed by atoms with Crippen molar-refractivity contribution in [3.05, 3.63) is 88.4 Å². The van der Waals surface area contributed by atoms with E-state index in [0.29, 0.717) is 6.61 Å². The van der Waals surface area contributed by atoms with Crippen molar-refractivity contribution >= 4 is 29.1 Å². The third-order valence-corrected chi connectivity index (χ3v) is 6.38. The Bertz CT molecular complexity index is 975. The van der Waals surface area contributed by atoms with Gasteiger partial charge in [0.2, 0.25) is 0 Å². The summed E-state index contributed by atoms with van der Waals surface area (Å²) in [6, 6.07) is 23.1. The third-order valence-electron chi connectivity index (χ3n) is 5.00. The van der Waals surface area contributed by atoms with Gasteiger partial charge in [0.1, 0.15) is 12.4 Å². The van der Waals surface area contributed by atoms with E-state index in [-0.39, 0.29) is 6.04 Å². The number of thioether (sulfide) groups is 1. The highest BCUT2D eigenvalue weighted by molar-refractivity contribution is 7.98. The van der Waals surface area contributed by atoms with Gasteiger partial charge in [0.05, 0.1) is 6.04 Å². The molecule has 0 aliphatic carbocycles. The molecule has 3 nitrogen and oxygen atoms in total. The Kier molecular flexibility index (Phi) is 6.34. The number of rotatable bonds is 6. The van der Waals surface area contributed by atoms with E-state index in [1.54, 1.807) is 0 Å². The fraction of sp³-hybridized carbons (Fsp3) is 0.250. The fourth-order valence-corrected chi connectivity index (χ4v) is 4.72. The molecule has 0 saturated heterocycles. The van der Waals surface area contributed by atoms with E-state index < -0.39 is 0 Å². The van der Waals surface area contributed by atoms with E-state index in [0.717, 1.165) is 28.8 Å². The molecule has 0 spiro atoms. The molecule has 1 N–H and O–H groups in total. The van der Waals surface area contributed by atoms with Crippen molar-refractivity contribution in [1.82, 2.24) is 4.90 Å². The predicted molar refractivity (Wildman–Crippen MR) is 123 cm³/mol. The molecule has 0 unspecified atom stereocenters. The molecule has 3 aromatic rings. The molecule has 1 atom stereocenters. The number of halogens is 1. The van der Waals surface area contributed by atoms with E-state index >= 15 is 0 Å². The fourth-order valence-electron chi connectivity index (χ4n) is 3.46. The van der Waals surface area contributed by atoms with Crippen LogP contribution in [0.4, 0.5) is 5.69 Å². The summed E-state index contributed by atoms with van der Waals surface area (Å²) in [5.74, 6) is 1.85. The maximum absolute atomic E-state index is 6.36. The zero-order valence-electron chi connectivity index (χ0n) is 16.7. The minimum atomic E-state index is 0.0513. The van der Waals surface area contributed by atoms with Crippen molar-refractivity contribution < 1.29 is 4.74 Å². The van der Waals surface area contributed by atoms with Crippen LogP contribution < -0.4 is 10.1 Å². The first kappa shape index (κ1) is 20.1. The maximum Gasteiger partial charge on any atom is 0.119 e. The van der Waals surface area contributed by atoms with Gasteiger partial charge in [-0.05, 0) is 73.3 Å². The Hall–Kier alpha value is -2.14. The Balaban J connectivity index is 1.60. The minimum Gasteiger partial charge on any atom is -0.492 e. The van der Waals surface area contributed by atoms with Crippen LogP contribution in [0.25, 0.3) is 0 Å². The first-order valence-corrected chi connectivity index (χ1v) is 11.1. The Morgan fingerprint density at radius 2 is 1.83 bits per heavy atom. The van der Waals surface area contributed by atoms with Crippen LogP contribution in [0.2, 0.25) is 5.02 Å². The average molecular weight is 425 g/mol. The Labute approximate surface area is 182 Å². The summed E-state index contributed by atoms with van der Waals surface area (Å²) in [5.41, 5.74) is 4.93. The summed E-state index contributed by atoms with van der Waals surface area (Å²) in [4.78, 5) is 3.38. The van der Waals surface area contributed by atoms with Gasteiger partial charge < -0.3 is 15.0 Å². The lowest BCUT2D eigenvalue weighted by atomic mass is 9.94. The maximum atomic E-state index is 6.36. The van der Waals surface area contributed by atoms with E-state index in [4.69, 9.17) is 16.3 Å². The number of hydrogen-bond acceptors (Lipinski definition) is 4. The number of hydrogen-bond donors (Lipinski definition) is 1. The molecule has 5 heteroatoms. The van der Waals surface area contributed by atoms with Gasteiger partial charge >= 0.3 is 0 Å². The standard InChI is InChI=1S/C24H25ClN2OS/c1-27(2)13-14-28-20-10-8-19(9-11-20)26-24-21-6-4-3-5-17(21)16-29-23-12-7-18(25)15-22(23)24/h3-12,15,24,26H,13-14,16H2,1-2H3/t24-/m0/s1. The average Bonchev–Trinajstić information content (AvgIpc) is 2.86. The van der Waals surface area contributed by atoms with Crippen LogP contribution in [0.1, 0.15) is 22.7 Å². The zero-order valence-corrected chi connectivity index (χ0v) is 18.3. The van der Waals surface area contributed by atoms with Crippen molar-refractivity contribution in [2.45, 2.75) is 16.7 Å². The molecule has 1 aliphatic rings. The molecule has 0 bridgehead atoms. The first-order chi connectivity index (χ1) is 14.1. The lowest BCUT2D eigenvalue weighted by molar-refractivity contribution is 0.261. The predicted octanol–water partition coefficient (Wildman–Crippen LogP) is 6.09. The van der Waals surface area contributed by atoms with Crippen molar-refractivity contribution in [3.8, 4) is 5.75 Å². The first-order valence-electron chi connectivity index (χ1n) is 9.74. The molecule has 0 saturated carbocycles. The van der Waals surface area contributed by atoms with Crippen LogP contribution in [0.3, 0.4) is 0 Å². The highest BCUT2D eigenvalue weighted by Crippen LogP contribution is 2.42. The molecule has 0 radical (unpaired) electrons. The van der Waals surface area contributed by atoms with Crippen molar-refractivity contribution in [2.24, 2.45) is 0 Å². The van der Waals surface area contributed by atoms with Crippen LogP contribution in [-0.2, 0) is 5.75 Å². The second-order valence-corrected chi connectivity index (χ2v) is 8.88. The summed E-state index contributed by atoms with van der Waals surface area (Å²) in [7, 11) is 4.09. The number of likely N-dealkylation sites (N-methyl/N-ethyl adjacent to an activating group) is 1. The third kappa shape index (κ3) is 4.89. The van der Waals surface area contributed by atoms with Crippen molar-refractivity contribution in [2.75, 3.05) is 32.6 Å². The van der Waals surface area contributed by atoms with Gasteiger partial charge in [-0.2, -0.15) is 0 Å². The SMILES string of the molecule is CN(C)CCOc1ccc(N[C@H]2c3ccccc3CSc3ccc(Cl)cc32)cc1. The van der Waals surface area contributed by atoms with Crippen LogP contribution in [0.5, 0.6) is 5.75 Å². The van der Waals surface area contributed by atoms with Gasteiger partial charge in [0.15, 0.2) is 0 Å². The van der Waals surface area contributed by atoms with Gasteiger partial charge in [0, 0.05) is 27.9 Å². The number of nitrogens with one attached hydrogen (secondary N) is 1. The van der Waals surface area contributed by atoms with Crippen molar-refractivity contribution in [3.63, 3.8) is 0 Å². The molecule has 150 valence electrons. The highest BCUT2D eigenvalue weighted by atomic mass is 35.5.